The number of rotatable bonds is 5. The van der Waals surface area contributed by atoms with Gasteiger partial charge in [0.2, 0.25) is 0 Å². The maximum absolute atomic E-state index is 12.2. The average molecular weight is 360 g/mol. The van der Waals surface area contributed by atoms with E-state index in [9.17, 15) is 4.79 Å². The van der Waals surface area contributed by atoms with E-state index in [1.54, 1.807) is 30.3 Å². The number of halogens is 1. The number of aryl methyl sites for hydroxylation is 3. The van der Waals surface area contributed by atoms with E-state index in [-0.39, 0.29) is 18.3 Å². The zero-order chi connectivity index (χ0) is 18.0. The summed E-state index contributed by atoms with van der Waals surface area (Å²) in [6.07, 6.45) is 4.79. The number of amides is 1. The molecule has 0 spiro atoms. The van der Waals surface area contributed by atoms with Crippen LogP contribution >= 0.6 is 11.6 Å². The molecule has 8 heteroatoms. The molecule has 1 aromatic carbocycles. The molecule has 0 bridgehead atoms. The van der Waals surface area contributed by atoms with Crippen LogP contribution in [0.5, 0.6) is 5.75 Å². The van der Waals surface area contributed by atoms with Crippen molar-refractivity contribution in [2.45, 2.75) is 20.6 Å². The van der Waals surface area contributed by atoms with Gasteiger partial charge in [0.15, 0.2) is 12.4 Å². The first-order valence-electron chi connectivity index (χ1n) is 7.65. The molecule has 1 N–H and O–H groups in total. The maximum atomic E-state index is 12.2. The summed E-state index contributed by atoms with van der Waals surface area (Å²) in [7, 11) is 1.70. The van der Waals surface area contributed by atoms with Gasteiger partial charge in [-0.2, -0.15) is 10.2 Å². The lowest BCUT2D eigenvalue weighted by molar-refractivity contribution is 0.102. The summed E-state index contributed by atoms with van der Waals surface area (Å²) in [5.41, 5.74) is 2.95. The first-order chi connectivity index (χ1) is 11.9. The average Bonchev–Trinajstić information content (AvgIpc) is 3.12. The number of hydrogen-bond acceptors (Lipinski definition) is 4. The summed E-state index contributed by atoms with van der Waals surface area (Å²) in [5.74, 6) is 0.410. The molecular formula is C17H18ClN5O2. The minimum Gasteiger partial charge on any atom is -0.471 e. The molecule has 0 aliphatic rings. The van der Waals surface area contributed by atoms with Gasteiger partial charge < -0.3 is 10.1 Å². The van der Waals surface area contributed by atoms with E-state index in [2.05, 4.69) is 21.6 Å². The fourth-order valence-electron chi connectivity index (χ4n) is 2.40. The van der Waals surface area contributed by atoms with Crippen LogP contribution in [0.1, 0.15) is 21.6 Å². The number of nitrogens with one attached hydrogen (secondary N) is 1. The Hall–Kier alpha value is -2.80. The Bertz CT molecular complexity index is 916. The van der Waals surface area contributed by atoms with Crippen LogP contribution in [0.25, 0.3) is 0 Å². The highest BCUT2D eigenvalue weighted by atomic mass is 35.5. The van der Waals surface area contributed by atoms with Crippen LogP contribution in [0.2, 0.25) is 5.02 Å². The third-order valence-electron chi connectivity index (χ3n) is 3.57. The Morgan fingerprint density at radius 1 is 1.32 bits per heavy atom. The molecular weight excluding hydrogens is 342 g/mol. The first kappa shape index (κ1) is 17.0. The molecule has 0 aliphatic heterocycles. The molecule has 0 saturated heterocycles. The van der Waals surface area contributed by atoms with Crippen molar-refractivity contribution in [3.05, 3.63) is 58.6 Å². The van der Waals surface area contributed by atoms with Crippen molar-refractivity contribution in [2.24, 2.45) is 7.05 Å². The van der Waals surface area contributed by atoms with E-state index in [0.717, 1.165) is 11.3 Å². The lowest BCUT2D eigenvalue weighted by Gasteiger charge is -2.09. The molecule has 7 nitrogen and oxygen atoms in total. The van der Waals surface area contributed by atoms with Crippen LogP contribution in [0, 0.1) is 13.8 Å². The highest BCUT2D eigenvalue weighted by molar-refractivity contribution is 6.34. The molecule has 2 aromatic heterocycles. The van der Waals surface area contributed by atoms with Gasteiger partial charge in [-0.05, 0) is 25.5 Å². The van der Waals surface area contributed by atoms with Gasteiger partial charge in [0.05, 0.1) is 23.1 Å². The van der Waals surface area contributed by atoms with Gasteiger partial charge >= 0.3 is 0 Å². The zero-order valence-electron chi connectivity index (χ0n) is 14.2. The van der Waals surface area contributed by atoms with E-state index in [1.807, 2.05) is 26.0 Å². The molecule has 0 aliphatic carbocycles. The van der Waals surface area contributed by atoms with Gasteiger partial charge in [0.1, 0.15) is 5.75 Å². The number of nitrogens with zero attached hydrogens (tertiary/aromatic N) is 4. The minimum atomic E-state index is -0.388. The monoisotopic (exact) mass is 359 g/mol. The molecule has 1 amide bonds. The van der Waals surface area contributed by atoms with Gasteiger partial charge in [-0.1, -0.05) is 29.3 Å². The van der Waals surface area contributed by atoms with Crippen LogP contribution in [-0.4, -0.2) is 25.5 Å². The van der Waals surface area contributed by atoms with Crippen molar-refractivity contribution in [1.82, 2.24) is 19.6 Å². The second-order valence-electron chi connectivity index (χ2n) is 5.76. The fraction of sp³-hybridized carbons (Fsp3) is 0.235. The zero-order valence-corrected chi connectivity index (χ0v) is 14.9. The van der Waals surface area contributed by atoms with Gasteiger partial charge in [0, 0.05) is 13.2 Å². The van der Waals surface area contributed by atoms with Crippen molar-refractivity contribution >= 4 is 23.2 Å². The predicted molar refractivity (Wildman–Crippen MR) is 94.9 cm³/mol. The number of benzene rings is 1. The number of anilines is 1. The summed E-state index contributed by atoms with van der Waals surface area (Å²) in [5, 5.41) is 11.2. The number of ether oxygens (including phenoxy) is 1. The number of carbonyl (C=O) groups is 1. The Labute approximate surface area is 150 Å². The summed E-state index contributed by atoms with van der Waals surface area (Å²) in [6, 6.07) is 5.98. The number of carbonyl (C=O) groups excluding carboxylic acids is 1. The largest absolute Gasteiger partial charge is 0.471 e. The third kappa shape index (κ3) is 4.00. The van der Waals surface area contributed by atoms with Crippen LogP contribution in [0.15, 0.2) is 36.8 Å². The molecule has 0 saturated carbocycles. The van der Waals surface area contributed by atoms with E-state index in [1.165, 1.54) is 10.2 Å². The standard InChI is InChI=1S/C17H18ClN5O2/c1-11-4-5-15(12(2)6-11)25-10-23-8-13(7-19-23)20-17(24)16-14(18)9-22(3)21-16/h4-9H,10H2,1-3H3,(H,20,24). The maximum Gasteiger partial charge on any atom is 0.277 e. The van der Waals surface area contributed by atoms with E-state index >= 15 is 0 Å². The minimum absolute atomic E-state index is 0.170. The molecule has 0 fully saturated rings. The van der Waals surface area contributed by atoms with Crippen LogP contribution < -0.4 is 10.1 Å². The van der Waals surface area contributed by atoms with Gasteiger partial charge in [0.25, 0.3) is 5.91 Å². The smallest absolute Gasteiger partial charge is 0.277 e. The lowest BCUT2D eigenvalue weighted by atomic mass is 10.1. The van der Waals surface area contributed by atoms with Gasteiger partial charge in [-0.3, -0.25) is 9.48 Å². The quantitative estimate of drug-likeness (QED) is 0.759. The summed E-state index contributed by atoms with van der Waals surface area (Å²) in [6.45, 7) is 4.27. The SMILES string of the molecule is Cc1ccc(OCn2cc(NC(=O)c3nn(C)cc3Cl)cn2)c(C)c1. The summed E-state index contributed by atoms with van der Waals surface area (Å²) >= 11 is 5.97. The van der Waals surface area contributed by atoms with Crippen LogP contribution in [0.3, 0.4) is 0 Å². The predicted octanol–water partition coefficient (Wildman–Crippen LogP) is 3.18. The molecule has 0 unspecified atom stereocenters. The van der Waals surface area contributed by atoms with Crippen LogP contribution in [-0.2, 0) is 13.8 Å². The summed E-state index contributed by atoms with van der Waals surface area (Å²) in [4.78, 5) is 12.2. The third-order valence-corrected chi connectivity index (χ3v) is 3.85. The van der Waals surface area contributed by atoms with E-state index < -0.39 is 0 Å². The van der Waals surface area contributed by atoms with Crippen molar-refractivity contribution in [3.63, 3.8) is 0 Å². The Morgan fingerprint density at radius 2 is 2.12 bits per heavy atom. The molecule has 25 heavy (non-hydrogen) atoms. The first-order valence-corrected chi connectivity index (χ1v) is 8.03. The number of aromatic nitrogens is 4. The lowest BCUT2D eigenvalue weighted by Crippen LogP contribution is -2.13. The van der Waals surface area contributed by atoms with Gasteiger partial charge in [-0.15, -0.1) is 0 Å². The Balaban J connectivity index is 1.62. The molecule has 0 radical (unpaired) electrons. The Kier molecular flexibility index (Phi) is 4.76. The molecule has 0 atom stereocenters. The Morgan fingerprint density at radius 3 is 2.80 bits per heavy atom. The van der Waals surface area contributed by atoms with Crippen molar-refractivity contribution < 1.29 is 9.53 Å². The topological polar surface area (TPSA) is 74.0 Å². The molecule has 130 valence electrons. The second kappa shape index (κ2) is 6.98. The molecule has 3 rings (SSSR count). The van der Waals surface area contributed by atoms with Crippen molar-refractivity contribution in [1.29, 1.82) is 0 Å². The highest BCUT2D eigenvalue weighted by Gasteiger charge is 2.15. The second-order valence-corrected chi connectivity index (χ2v) is 6.17. The summed E-state index contributed by atoms with van der Waals surface area (Å²) < 4.78 is 8.83. The fourth-order valence-corrected chi connectivity index (χ4v) is 2.66. The molecule has 2 heterocycles. The number of hydrogen-bond donors (Lipinski definition) is 1. The van der Waals surface area contributed by atoms with Crippen LogP contribution in [0.4, 0.5) is 5.69 Å². The van der Waals surface area contributed by atoms with E-state index in [0.29, 0.717) is 10.7 Å². The van der Waals surface area contributed by atoms with E-state index in [4.69, 9.17) is 16.3 Å². The van der Waals surface area contributed by atoms with Gasteiger partial charge in [-0.25, -0.2) is 4.68 Å². The van der Waals surface area contributed by atoms with Crippen molar-refractivity contribution in [2.75, 3.05) is 5.32 Å². The molecule has 3 aromatic rings. The normalized spacial score (nSPS) is 10.7. The van der Waals surface area contributed by atoms with Crippen molar-refractivity contribution in [3.8, 4) is 5.75 Å². The highest BCUT2D eigenvalue weighted by Crippen LogP contribution is 2.19.